The van der Waals surface area contributed by atoms with Crippen LogP contribution in [0.1, 0.15) is 23.0 Å². The third-order valence-electron chi connectivity index (χ3n) is 4.51. The molecule has 1 amide bonds. The van der Waals surface area contributed by atoms with E-state index in [0.717, 1.165) is 20.5 Å². The lowest BCUT2D eigenvalue weighted by atomic mass is 10.2. The fourth-order valence-corrected chi connectivity index (χ4v) is 5.87. The Labute approximate surface area is 160 Å². The minimum absolute atomic E-state index is 0.00426. The van der Waals surface area contributed by atoms with Crippen LogP contribution >= 0.6 is 11.3 Å². The number of rotatable bonds is 5. The van der Waals surface area contributed by atoms with Crippen LogP contribution < -0.4 is 4.31 Å². The average Bonchev–Trinajstić information content (AvgIpc) is 3.03. The number of carbonyl (C=O) groups is 1. The molecule has 140 valence electrons. The number of aromatic hydroxyl groups is 1. The Bertz CT molecular complexity index is 1070. The Morgan fingerprint density at radius 2 is 1.93 bits per heavy atom. The van der Waals surface area contributed by atoms with E-state index in [-0.39, 0.29) is 21.6 Å². The molecule has 2 atom stereocenters. The Morgan fingerprint density at radius 3 is 2.52 bits per heavy atom. The van der Waals surface area contributed by atoms with E-state index in [1.165, 1.54) is 36.6 Å². The van der Waals surface area contributed by atoms with Crippen molar-refractivity contribution in [2.75, 3.05) is 4.31 Å². The zero-order valence-electron chi connectivity index (χ0n) is 14.4. The molecule has 0 spiro atoms. The zero-order valence-corrected chi connectivity index (χ0v) is 16.0. The highest BCUT2D eigenvalue weighted by Crippen LogP contribution is 2.49. The number of amides is 1. The lowest BCUT2D eigenvalue weighted by Crippen LogP contribution is -2.38. The van der Waals surface area contributed by atoms with Crippen molar-refractivity contribution in [3.63, 3.8) is 0 Å². The summed E-state index contributed by atoms with van der Waals surface area (Å²) >= 11 is 1.12. The second-order valence-electron chi connectivity index (χ2n) is 6.45. The number of furan rings is 1. The van der Waals surface area contributed by atoms with Crippen molar-refractivity contribution in [3.8, 4) is 5.75 Å². The summed E-state index contributed by atoms with van der Waals surface area (Å²) in [5.74, 6) is -0.389. The highest BCUT2D eigenvalue weighted by Gasteiger charge is 2.50. The third-order valence-corrected chi connectivity index (χ3v) is 7.70. The van der Waals surface area contributed by atoms with Crippen molar-refractivity contribution in [1.29, 1.82) is 0 Å². The summed E-state index contributed by atoms with van der Waals surface area (Å²) in [4.78, 5) is 14.0. The van der Waals surface area contributed by atoms with E-state index in [1.54, 1.807) is 18.2 Å². The number of hydrogen-bond donors (Lipinski definition) is 1. The molecular weight excluding hydrogens is 386 g/mol. The standard InChI is InChI=1S/C19H17NO5S2/c1-12-4-9-18(26-12)27(23,24)20(13-5-7-14(21)8-6-13)19(22)16-11-15(16)17-3-2-10-25-17/h2-10,15-16,21H,11H2,1H3/t15-,16+/m0/s1. The first kappa shape index (κ1) is 17.8. The molecule has 2 heterocycles. The number of benzene rings is 1. The highest BCUT2D eigenvalue weighted by molar-refractivity contribution is 7.95. The number of thiophene rings is 1. The van der Waals surface area contributed by atoms with Crippen molar-refractivity contribution in [2.45, 2.75) is 23.5 Å². The van der Waals surface area contributed by atoms with Gasteiger partial charge in [0.2, 0.25) is 5.91 Å². The number of hydrogen-bond acceptors (Lipinski definition) is 6. The van der Waals surface area contributed by atoms with E-state index in [4.69, 9.17) is 4.42 Å². The summed E-state index contributed by atoms with van der Waals surface area (Å²) in [7, 11) is -4.05. The minimum atomic E-state index is -4.05. The predicted octanol–water partition coefficient (Wildman–Crippen LogP) is 3.88. The lowest BCUT2D eigenvalue weighted by Gasteiger charge is -2.22. The molecule has 0 saturated heterocycles. The van der Waals surface area contributed by atoms with Crippen LogP contribution in [0.2, 0.25) is 0 Å². The summed E-state index contributed by atoms with van der Waals surface area (Å²) in [5.41, 5.74) is 0.203. The predicted molar refractivity (Wildman–Crippen MR) is 101 cm³/mol. The van der Waals surface area contributed by atoms with Gasteiger partial charge in [-0.3, -0.25) is 4.79 Å². The van der Waals surface area contributed by atoms with Crippen molar-refractivity contribution >= 4 is 33.0 Å². The van der Waals surface area contributed by atoms with Gasteiger partial charge in [0, 0.05) is 10.8 Å². The molecule has 0 bridgehead atoms. The van der Waals surface area contributed by atoms with E-state index >= 15 is 0 Å². The summed E-state index contributed by atoms with van der Waals surface area (Å²) in [6.07, 6.45) is 2.08. The van der Waals surface area contributed by atoms with E-state index in [9.17, 15) is 18.3 Å². The maximum atomic E-state index is 13.2. The Balaban J connectivity index is 1.73. The Kier molecular flexibility index (Phi) is 4.32. The minimum Gasteiger partial charge on any atom is -0.508 e. The number of phenols is 1. The highest BCUT2D eigenvalue weighted by atomic mass is 32.2. The molecule has 0 aliphatic heterocycles. The van der Waals surface area contributed by atoms with Gasteiger partial charge < -0.3 is 9.52 Å². The maximum Gasteiger partial charge on any atom is 0.280 e. The van der Waals surface area contributed by atoms with Crippen molar-refractivity contribution in [2.24, 2.45) is 5.92 Å². The lowest BCUT2D eigenvalue weighted by molar-refractivity contribution is -0.118. The van der Waals surface area contributed by atoms with Crippen LogP contribution in [-0.2, 0) is 14.8 Å². The Morgan fingerprint density at radius 1 is 1.19 bits per heavy atom. The fraction of sp³-hybridized carbons (Fsp3) is 0.211. The quantitative estimate of drug-likeness (QED) is 0.698. The van der Waals surface area contributed by atoms with E-state index in [0.29, 0.717) is 12.2 Å². The van der Waals surface area contributed by atoms with Crippen LogP contribution in [0.4, 0.5) is 5.69 Å². The number of nitrogens with zero attached hydrogens (tertiary/aromatic N) is 1. The number of phenolic OH excluding ortho intramolecular Hbond substituents is 1. The van der Waals surface area contributed by atoms with Gasteiger partial charge in [0.25, 0.3) is 10.0 Å². The number of carbonyl (C=O) groups excluding carboxylic acids is 1. The molecule has 2 aromatic heterocycles. The number of anilines is 1. The van der Waals surface area contributed by atoms with Crippen molar-refractivity contribution < 1.29 is 22.7 Å². The van der Waals surface area contributed by atoms with Gasteiger partial charge in [-0.2, -0.15) is 8.42 Å². The number of aryl methyl sites for hydroxylation is 1. The molecule has 4 rings (SSSR count). The van der Waals surface area contributed by atoms with E-state index < -0.39 is 21.8 Å². The first-order chi connectivity index (χ1) is 12.9. The summed E-state index contributed by atoms with van der Waals surface area (Å²) < 4.78 is 32.8. The monoisotopic (exact) mass is 403 g/mol. The van der Waals surface area contributed by atoms with Crippen LogP contribution in [0, 0.1) is 12.8 Å². The molecule has 3 aromatic rings. The first-order valence-corrected chi connectivity index (χ1v) is 10.6. The molecule has 1 aliphatic rings. The summed E-state index contributed by atoms with van der Waals surface area (Å²) in [5, 5.41) is 9.53. The van der Waals surface area contributed by atoms with Crippen LogP contribution in [0.3, 0.4) is 0 Å². The van der Waals surface area contributed by atoms with Gasteiger partial charge in [-0.15, -0.1) is 11.3 Å². The normalized spacial score (nSPS) is 19.0. The van der Waals surface area contributed by atoms with Crippen molar-refractivity contribution in [3.05, 3.63) is 65.4 Å². The van der Waals surface area contributed by atoms with Crippen LogP contribution in [0.15, 0.2) is 63.4 Å². The summed E-state index contributed by atoms with van der Waals surface area (Å²) in [6.45, 7) is 1.81. The largest absolute Gasteiger partial charge is 0.508 e. The van der Waals surface area contributed by atoms with Crippen LogP contribution in [0.5, 0.6) is 5.75 Å². The molecule has 1 fully saturated rings. The average molecular weight is 403 g/mol. The van der Waals surface area contributed by atoms with Gasteiger partial charge in [-0.25, -0.2) is 4.31 Å². The van der Waals surface area contributed by atoms with Gasteiger partial charge in [-0.05, 0) is 61.9 Å². The smallest absolute Gasteiger partial charge is 0.280 e. The van der Waals surface area contributed by atoms with Crippen LogP contribution in [-0.4, -0.2) is 19.4 Å². The van der Waals surface area contributed by atoms with E-state index in [1.807, 2.05) is 6.92 Å². The molecule has 1 aliphatic carbocycles. The second-order valence-corrected chi connectivity index (χ2v) is 9.75. The summed E-state index contributed by atoms with van der Waals surface area (Å²) in [6, 6.07) is 12.3. The van der Waals surface area contributed by atoms with Gasteiger partial charge in [0.15, 0.2) is 0 Å². The van der Waals surface area contributed by atoms with Gasteiger partial charge in [0.1, 0.15) is 15.7 Å². The molecule has 1 aromatic carbocycles. The Hall–Kier alpha value is -2.58. The molecule has 1 N–H and O–H groups in total. The molecule has 1 saturated carbocycles. The van der Waals surface area contributed by atoms with Gasteiger partial charge in [-0.1, -0.05) is 0 Å². The molecule has 0 radical (unpaired) electrons. The molecular formula is C19H17NO5S2. The molecule has 27 heavy (non-hydrogen) atoms. The van der Waals surface area contributed by atoms with Gasteiger partial charge >= 0.3 is 0 Å². The maximum absolute atomic E-state index is 13.2. The topological polar surface area (TPSA) is 87.8 Å². The fourth-order valence-electron chi connectivity index (χ4n) is 3.05. The molecule has 6 nitrogen and oxygen atoms in total. The molecule has 0 unspecified atom stereocenters. The molecule has 8 heteroatoms. The SMILES string of the molecule is Cc1ccc(S(=O)(=O)N(C(=O)[C@@H]2C[C@@H]2c2ccco2)c2ccc(O)cc2)s1. The number of sulfonamides is 1. The van der Waals surface area contributed by atoms with Gasteiger partial charge in [0.05, 0.1) is 17.9 Å². The second kappa shape index (κ2) is 6.54. The van der Waals surface area contributed by atoms with Crippen LogP contribution in [0.25, 0.3) is 0 Å². The first-order valence-electron chi connectivity index (χ1n) is 8.36. The zero-order chi connectivity index (χ0) is 19.2. The van der Waals surface area contributed by atoms with E-state index in [2.05, 4.69) is 0 Å². The van der Waals surface area contributed by atoms with Crippen molar-refractivity contribution in [1.82, 2.24) is 0 Å². The third kappa shape index (κ3) is 3.26.